The second-order valence-electron chi connectivity index (χ2n) is 7.23. The number of carbonyl (C=O) groups is 1. The third kappa shape index (κ3) is 6.18. The Morgan fingerprint density at radius 2 is 2.00 bits per heavy atom. The second-order valence-corrected chi connectivity index (χ2v) is 7.23. The number of hydrogen-bond acceptors (Lipinski definition) is 7. The zero-order valence-electron chi connectivity index (χ0n) is 15.7. The van der Waals surface area contributed by atoms with Crippen LogP contribution in [-0.2, 0) is 4.74 Å². The van der Waals surface area contributed by atoms with Gasteiger partial charge < -0.3 is 20.7 Å². The molecular formula is C18H25N7O2. The highest BCUT2D eigenvalue weighted by atomic mass is 16.6. The minimum atomic E-state index is -0.498. The van der Waals surface area contributed by atoms with Crippen molar-refractivity contribution in [2.24, 2.45) is 10.8 Å². The van der Waals surface area contributed by atoms with Crippen molar-refractivity contribution in [3.8, 4) is 6.07 Å². The van der Waals surface area contributed by atoms with Crippen molar-refractivity contribution in [1.29, 1.82) is 10.7 Å². The van der Waals surface area contributed by atoms with E-state index in [9.17, 15) is 4.79 Å². The van der Waals surface area contributed by atoms with Crippen LogP contribution in [0.4, 0.5) is 16.2 Å². The largest absolute Gasteiger partial charge is 0.444 e. The fraction of sp³-hybridized carbons (Fsp3) is 0.444. The number of hydrogen-bond donors (Lipinski definition) is 4. The van der Waals surface area contributed by atoms with Gasteiger partial charge in [-0.3, -0.25) is 10.8 Å². The van der Waals surface area contributed by atoms with Crippen LogP contribution in [0.3, 0.4) is 0 Å². The molecule has 1 fully saturated rings. The topological polar surface area (TPSA) is 140 Å². The molecule has 0 bridgehead atoms. The maximum absolute atomic E-state index is 12.1. The molecule has 9 heteroatoms. The Hall–Kier alpha value is -3.28. The lowest BCUT2D eigenvalue weighted by atomic mass is 10.2. The summed E-state index contributed by atoms with van der Waals surface area (Å²) in [6, 6.07) is 9.22. The number of rotatable bonds is 5. The summed E-state index contributed by atoms with van der Waals surface area (Å²) >= 11 is 0. The number of amides is 1. The van der Waals surface area contributed by atoms with Gasteiger partial charge in [0.2, 0.25) is 5.71 Å². The molecule has 0 saturated carbocycles. The van der Waals surface area contributed by atoms with Crippen LogP contribution in [0, 0.1) is 16.7 Å². The summed E-state index contributed by atoms with van der Waals surface area (Å²) in [5.41, 5.74) is 8.82. The molecule has 1 aliphatic heterocycles. The van der Waals surface area contributed by atoms with E-state index in [2.05, 4.69) is 15.8 Å². The van der Waals surface area contributed by atoms with Crippen molar-refractivity contribution in [2.45, 2.75) is 38.8 Å². The molecule has 5 N–H and O–H groups in total. The number of carbonyl (C=O) groups excluding carboxylic acids is 1. The predicted octanol–water partition coefficient (Wildman–Crippen LogP) is 2.34. The molecule has 0 aromatic heterocycles. The Morgan fingerprint density at radius 1 is 1.37 bits per heavy atom. The minimum absolute atomic E-state index is 0.150. The van der Waals surface area contributed by atoms with Crippen LogP contribution >= 0.6 is 0 Å². The highest BCUT2D eigenvalue weighted by molar-refractivity contribution is 6.45. The lowest BCUT2D eigenvalue weighted by Crippen LogP contribution is -2.36. The summed E-state index contributed by atoms with van der Waals surface area (Å²) in [5.74, 6) is -0.390. The molecule has 27 heavy (non-hydrogen) atoms. The van der Waals surface area contributed by atoms with Gasteiger partial charge in [0.1, 0.15) is 11.7 Å². The molecule has 9 nitrogen and oxygen atoms in total. The first-order valence-electron chi connectivity index (χ1n) is 8.60. The van der Waals surface area contributed by atoms with E-state index in [1.165, 1.54) is 0 Å². The molecule has 0 spiro atoms. The van der Waals surface area contributed by atoms with E-state index >= 15 is 0 Å². The molecule has 0 aliphatic carbocycles. The quantitative estimate of drug-likeness (QED) is 0.356. The first-order chi connectivity index (χ1) is 12.7. The number of nitriles is 1. The highest BCUT2D eigenvalue weighted by Gasteiger charge is 2.29. The van der Waals surface area contributed by atoms with E-state index < -0.39 is 5.60 Å². The van der Waals surface area contributed by atoms with Crippen LogP contribution in [0.25, 0.3) is 0 Å². The third-order valence-electron chi connectivity index (χ3n) is 3.75. The van der Waals surface area contributed by atoms with E-state index in [1.807, 2.05) is 32.9 Å². The minimum Gasteiger partial charge on any atom is -0.444 e. The number of nitrogens with two attached hydrogens (primary N) is 1. The van der Waals surface area contributed by atoms with E-state index in [-0.39, 0.29) is 23.7 Å². The molecule has 1 aliphatic rings. The number of nitrogens with one attached hydrogen (secondary N) is 3. The zero-order valence-corrected chi connectivity index (χ0v) is 15.7. The lowest BCUT2D eigenvalue weighted by molar-refractivity contribution is 0.0293. The summed E-state index contributed by atoms with van der Waals surface area (Å²) in [6.45, 7) is 6.80. The molecule has 1 saturated heterocycles. The summed E-state index contributed by atoms with van der Waals surface area (Å²) in [6.07, 6.45) is 0.552. The lowest BCUT2D eigenvalue weighted by Gasteiger charge is -2.24. The SMILES string of the molecule is CC(C)(C)OC(=O)N1CCC(Nc2ccc(N/N=C(\C#N)C(=N)N)cc2)C1. The maximum atomic E-state index is 12.1. The molecule has 1 aromatic rings. The summed E-state index contributed by atoms with van der Waals surface area (Å²) in [5, 5.41) is 23.2. The number of nitrogens with zero attached hydrogens (tertiary/aromatic N) is 3. The Labute approximate surface area is 158 Å². The molecule has 1 aromatic carbocycles. The van der Waals surface area contributed by atoms with Gasteiger partial charge in [0, 0.05) is 24.8 Å². The van der Waals surface area contributed by atoms with Crippen molar-refractivity contribution in [1.82, 2.24) is 4.90 Å². The number of hydrazone groups is 1. The molecule has 0 radical (unpaired) electrons. The van der Waals surface area contributed by atoms with Gasteiger partial charge in [-0.15, -0.1) is 0 Å². The molecule has 2 rings (SSSR count). The third-order valence-corrected chi connectivity index (χ3v) is 3.75. The van der Waals surface area contributed by atoms with Gasteiger partial charge in [0.15, 0.2) is 5.84 Å². The Kier molecular flexibility index (Phi) is 6.23. The van der Waals surface area contributed by atoms with Gasteiger partial charge in [-0.1, -0.05) is 0 Å². The van der Waals surface area contributed by atoms with Crippen LogP contribution in [-0.4, -0.2) is 47.3 Å². The van der Waals surface area contributed by atoms with Crippen LogP contribution in [0.2, 0.25) is 0 Å². The van der Waals surface area contributed by atoms with Crippen LogP contribution in [0.15, 0.2) is 29.4 Å². The second kappa shape index (κ2) is 8.40. The summed E-state index contributed by atoms with van der Waals surface area (Å²) in [4.78, 5) is 13.8. The number of benzene rings is 1. The van der Waals surface area contributed by atoms with Crippen LogP contribution in [0.1, 0.15) is 27.2 Å². The Bertz CT molecular complexity index is 759. The Balaban J connectivity index is 1.88. The monoisotopic (exact) mass is 371 g/mol. The number of ether oxygens (including phenoxy) is 1. The normalized spacial score (nSPS) is 17.2. The maximum Gasteiger partial charge on any atom is 0.410 e. The predicted molar refractivity (Wildman–Crippen MR) is 105 cm³/mol. The van der Waals surface area contributed by atoms with Gasteiger partial charge in [-0.2, -0.15) is 10.4 Å². The first kappa shape index (κ1) is 20.0. The number of likely N-dealkylation sites (tertiary alicyclic amines) is 1. The van der Waals surface area contributed by atoms with Crippen molar-refractivity contribution in [2.75, 3.05) is 23.8 Å². The molecule has 1 amide bonds. The van der Waals surface area contributed by atoms with E-state index in [0.29, 0.717) is 18.8 Å². The average molecular weight is 371 g/mol. The van der Waals surface area contributed by atoms with Crippen molar-refractivity contribution >= 4 is 29.0 Å². The molecular weight excluding hydrogens is 346 g/mol. The fourth-order valence-electron chi connectivity index (χ4n) is 2.51. The summed E-state index contributed by atoms with van der Waals surface area (Å²) < 4.78 is 5.40. The van der Waals surface area contributed by atoms with Gasteiger partial charge >= 0.3 is 6.09 Å². The highest BCUT2D eigenvalue weighted by Crippen LogP contribution is 2.20. The zero-order chi connectivity index (χ0) is 20.0. The number of anilines is 2. The van der Waals surface area contributed by atoms with Gasteiger partial charge in [-0.25, -0.2) is 4.79 Å². The number of amidine groups is 1. The Morgan fingerprint density at radius 3 is 2.56 bits per heavy atom. The standard InChI is InChI=1S/C18H25N7O2/c1-18(2,3)27-17(26)25-9-8-14(11-25)22-12-4-6-13(7-5-12)23-24-15(10-19)16(20)21/h4-7,14,22-23H,8-9,11H2,1-3H3,(H3,20,21)/b24-15+. The van der Waals surface area contributed by atoms with Crippen molar-refractivity contribution in [3.05, 3.63) is 24.3 Å². The average Bonchev–Trinajstić information content (AvgIpc) is 3.04. The molecule has 1 atom stereocenters. The van der Waals surface area contributed by atoms with Gasteiger partial charge in [0.05, 0.1) is 5.69 Å². The van der Waals surface area contributed by atoms with Crippen LogP contribution in [0.5, 0.6) is 0 Å². The van der Waals surface area contributed by atoms with E-state index in [0.717, 1.165) is 12.1 Å². The smallest absolute Gasteiger partial charge is 0.410 e. The molecule has 144 valence electrons. The fourth-order valence-corrected chi connectivity index (χ4v) is 2.51. The van der Waals surface area contributed by atoms with Gasteiger partial charge in [0.25, 0.3) is 0 Å². The van der Waals surface area contributed by atoms with Crippen molar-refractivity contribution < 1.29 is 9.53 Å². The first-order valence-corrected chi connectivity index (χ1v) is 8.60. The van der Waals surface area contributed by atoms with Crippen LogP contribution < -0.4 is 16.5 Å². The summed E-state index contributed by atoms with van der Waals surface area (Å²) in [7, 11) is 0. The van der Waals surface area contributed by atoms with E-state index in [1.54, 1.807) is 23.1 Å². The van der Waals surface area contributed by atoms with Crippen molar-refractivity contribution in [3.63, 3.8) is 0 Å². The molecule has 1 heterocycles. The van der Waals surface area contributed by atoms with Gasteiger partial charge in [-0.05, 0) is 51.5 Å². The molecule has 1 unspecified atom stereocenters. The van der Waals surface area contributed by atoms with E-state index in [4.69, 9.17) is 21.1 Å².